The molecular weight excluding hydrogens is 498 g/mol. The van der Waals surface area contributed by atoms with E-state index in [1.807, 2.05) is 32.4 Å². The zero-order valence-electron chi connectivity index (χ0n) is 22.2. The lowest BCUT2D eigenvalue weighted by molar-refractivity contribution is 0.451. The smallest absolute Gasteiger partial charge is 0.214 e. The Hall–Kier alpha value is -4.04. The molecule has 1 unspecified atom stereocenters. The summed E-state index contributed by atoms with van der Waals surface area (Å²) in [5, 5.41) is 18.7. The van der Waals surface area contributed by atoms with Crippen molar-refractivity contribution in [1.82, 2.24) is 24.7 Å². The molecule has 1 fully saturated rings. The molecule has 0 saturated carbocycles. The predicted octanol–water partition coefficient (Wildman–Crippen LogP) is 4.62. The number of hydrogen-bond donors (Lipinski definition) is 1. The van der Waals surface area contributed by atoms with Gasteiger partial charge in [0, 0.05) is 67.7 Å². The standard InChI is InChI=1S/C27H31N9OS/c1-17(2)20-6-7-24(36-12-19(13-36)15-38(5,37)31-16-28)22-11-30-26(10-21(20)22)32-25-8-9-29-27(33-25)23-14-35(4)34-18(23)3/h6-11,14,17,19H,12-13,15H2,1-5H3,(H,29,30,32,33). The number of pyridine rings is 1. The number of aromatic nitrogens is 5. The van der Waals surface area contributed by atoms with Crippen LogP contribution < -0.4 is 10.2 Å². The molecule has 0 spiro atoms. The van der Waals surface area contributed by atoms with E-state index in [9.17, 15) is 4.21 Å². The largest absolute Gasteiger partial charge is 0.370 e. The number of anilines is 3. The molecule has 10 nitrogen and oxygen atoms in total. The highest BCUT2D eigenvalue weighted by Crippen LogP contribution is 2.37. The number of fused-ring (bicyclic) bond motifs is 1. The normalized spacial score (nSPS) is 15.2. The van der Waals surface area contributed by atoms with Crippen molar-refractivity contribution in [3.05, 3.63) is 54.1 Å². The fourth-order valence-electron chi connectivity index (χ4n) is 5.04. The summed E-state index contributed by atoms with van der Waals surface area (Å²) < 4.78 is 17.8. The molecule has 196 valence electrons. The highest BCUT2D eigenvalue weighted by Gasteiger charge is 2.30. The van der Waals surface area contributed by atoms with Crippen LogP contribution in [-0.2, 0) is 16.8 Å². The monoisotopic (exact) mass is 529 g/mol. The third-order valence-electron chi connectivity index (χ3n) is 6.78. The van der Waals surface area contributed by atoms with Gasteiger partial charge in [-0.05, 0) is 42.0 Å². The quantitative estimate of drug-likeness (QED) is 0.344. The van der Waals surface area contributed by atoms with Gasteiger partial charge in [0.15, 0.2) is 5.82 Å². The number of rotatable bonds is 7. The van der Waals surface area contributed by atoms with Gasteiger partial charge in [0.1, 0.15) is 11.6 Å². The minimum Gasteiger partial charge on any atom is -0.370 e. The molecule has 1 aromatic carbocycles. The Bertz CT molecular complexity index is 1670. The summed E-state index contributed by atoms with van der Waals surface area (Å²) in [5.74, 6) is 2.98. The first-order valence-electron chi connectivity index (χ1n) is 12.5. The van der Waals surface area contributed by atoms with Gasteiger partial charge >= 0.3 is 0 Å². The van der Waals surface area contributed by atoms with E-state index in [-0.39, 0.29) is 5.92 Å². The molecule has 11 heteroatoms. The summed E-state index contributed by atoms with van der Waals surface area (Å²) in [5.41, 5.74) is 4.11. The molecule has 4 heterocycles. The van der Waals surface area contributed by atoms with E-state index in [1.54, 1.807) is 23.3 Å². The van der Waals surface area contributed by atoms with E-state index in [0.29, 0.717) is 29.1 Å². The van der Waals surface area contributed by atoms with Crippen molar-refractivity contribution in [2.75, 3.05) is 35.3 Å². The number of nitriles is 1. The summed E-state index contributed by atoms with van der Waals surface area (Å²) in [6, 6.07) is 8.23. The first kappa shape index (κ1) is 25.6. The average Bonchev–Trinajstić information content (AvgIpc) is 3.18. The minimum absolute atomic E-state index is 0.244. The number of aryl methyl sites for hydroxylation is 2. The van der Waals surface area contributed by atoms with Gasteiger partial charge in [0.05, 0.1) is 21.0 Å². The van der Waals surface area contributed by atoms with E-state index in [0.717, 1.165) is 40.8 Å². The number of nitrogens with one attached hydrogen (secondary N) is 1. The van der Waals surface area contributed by atoms with Crippen LogP contribution in [0.3, 0.4) is 0 Å². The van der Waals surface area contributed by atoms with Crippen molar-refractivity contribution in [3.63, 3.8) is 0 Å². The Balaban J connectivity index is 1.42. The zero-order valence-corrected chi connectivity index (χ0v) is 23.0. The maximum Gasteiger partial charge on any atom is 0.214 e. The van der Waals surface area contributed by atoms with Crippen LogP contribution in [-0.4, -0.2) is 54.0 Å². The van der Waals surface area contributed by atoms with Crippen LogP contribution in [0.2, 0.25) is 0 Å². The molecule has 38 heavy (non-hydrogen) atoms. The lowest BCUT2D eigenvalue weighted by Gasteiger charge is -2.41. The maximum absolute atomic E-state index is 12.4. The second-order valence-electron chi connectivity index (χ2n) is 10.2. The summed E-state index contributed by atoms with van der Waals surface area (Å²) in [7, 11) is -0.584. The molecule has 5 rings (SSSR count). The fraction of sp³-hybridized carbons (Fsp3) is 0.370. The highest BCUT2D eigenvalue weighted by atomic mass is 32.2. The number of benzene rings is 1. The van der Waals surface area contributed by atoms with Crippen LogP contribution in [0, 0.1) is 24.3 Å². The lowest BCUT2D eigenvalue weighted by Crippen LogP contribution is -2.49. The minimum atomic E-state index is -2.46. The predicted molar refractivity (Wildman–Crippen MR) is 151 cm³/mol. The van der Waals surface area contributed by atoms with Gasteiger partial charge in [0.25, 0.3) is 0 Å². The molecule has 1 aliphatic rings. The molecular formula is C27H31N9OS. The van der Waals surface area contributed by atoms with Gasteiger partial charge in [-0.1, -0.05) is 19.9 Å². The molecule has 1 atom stereocenters. The Morgan fingerprint density at radius 3 is 2.68 bits per heavy atom. The van der Waals surface area contributed by atoms with Gasteiger partial charge in [-0.2, -0.15) is 10.4 Å². The third kappa shape index (κ3) is 5.17. The van der Waals surface area contributed by atoms with Crippen LogP contribution in [0.1, 0.15) is 31.0 Å². The number of nitrogens with zero attached hydrogens (tertiary/aromatic N) is 8. The van der Waals surface area contributed by atoms with Crippen LogP contribution in [0.15, 0.2) is 47.2 Å². The van der Waals surface area contributed by atoms with Gasteiger partial charge in [-0.3, -0.25) is 4.68 Å². The van der Waals surface area contributed by atoms with E-state index in [2.05, 4.69) is 56.7 Å². The Morgan fingerprint density at radius 2 is 2.00 bits per heavy atom. The topological polar surface area (TPSA) is 125 Å². The van der Waals surface area contributed by atoms with Crippen molar-refractivity contribution in [2.45, 2.75) is 26.7 Å². The molecule has 0 amide bonds. The molecule has 3 aromatic heterocycles. The molecule has 4 aromatic rings. The third-order valence-corrected chi connectivity index (χ3v) is 8.33. The van der Waals surface area contributed by atoms with Gasteiger partial charge < -0.3 is 10.2 Å². The van der Waals surface area contributed by atoms with Crippen molar-refractivity contribution >= 4 is 37.8 Å². The molecule has 1 saturated heterocycles. The number of hydrogen-bond acceptors (Lipinski definition) is 9. The second kappa shape index (κ2) is 10.0. The van der Waals surface area contributed by atoms with E-state index in [1.165, 1.54) is 5.56 Å². The van der Waals surface area contributed by atoms with Crippen LogP contribution >= 0.6 is 0 Å². The second-order valence-corrected chi connectivity index (χ2v) is 12.7. The fourth-order valence-corrected chi connectivity index (χ4v) is 6.37. The highest BCUT2D eigenvalue weighted by molar-refractivity contribution is 7.93. The average molecular weight is 530 g/mol. The lowest BCUT2D eigenvalue weighted by atomic mass is 9.93. The maximum atomic E-state index is 12.4. The summed E-state index contributed by atoms with van der Waals surface area (Å²) in [6.45, 7) is 7.87. The summed E-state index contributed by atoms with van der Waals surface area (Å²) in [6.07, 6.45) is 8.81. The van der Waals surface area contributed by atoms with Gasteiger partial charge in [-0.25, -0.2) is 19.2 Å². The first-order chi connectivity index (χ1) is 18.1. The van der Waals surface area contributed by atoms with Gasteiger partial charge in [0.2, 0.25) is 6.19 Å². The molecule has 1 aliphatic heterocycles. The Kier molecular flexibility index (Phi) is 6.75. The van der Waals surface area contributed by atoms with E-state index in [4.69, 9.17) is 15.2 Å². The molecule has 1 N–H and O–H groups in total. The first-order valence-corrected chi connectivity index (χ1v) is 14.6. The van der Waals surface area contributed by atoms with Crippen molar-refractivity contribution < 1.29 is 4.21 Å². The molecule has 0 bridgehead atoms. The Morgan fingerprint density at radius 1 is 1.21 bits per heavy atom. The zero-order chi connectivity index (χ0) is 27.0. The van der Waals surface area contributed by atoms with E-state index >= 15 is 0 Å². The van der Waals surface area contributed by atoms with Crippen molar-refractivity contribution in [2.24, 2.45) is 17.3 Å². The summed E-state index contributed by atoms with van der Waals surface area (Å²) in [4.78, 5) is 16.1. The van der Waals surface area contributed by atoms with Crippen LogP contribution in [0.25, 0.3) is 22.2 Å². The summed E-state index contributed by atoms with van der Waals surface area (Å²) >= 11 is 0. The van der Waals surface area contributed by atoms with E-state index < -0.39 is 9.73 Å². The van der Waals surface area contributed by atoms with Crippen LogP contribution in [0.5, 0.6) is 0 Å². The van der Waals surface area contributed by atoms with Gasteiger partial charge in [-0.15, -0.1) is 4.36 Å². The SMILES string of the molecule is Cc1nn(C)cc1-c1nccc(Nc2cc3c(C(C)C)ccc(N4CC(CS(C)(=O)=NC#N)C4)c3cn2)n1. The molecule has 0 radical (unpaired) electrons. The van der Waals surface area contributed by atoms with Crippen LogP contribution in [0.4, 0.5) is 17.3 Å². The molecule has 0 aliphatic carbocycles. The van der Waals surface area contributed by atoms with Crippen molar-refractivity contribution in [1.29, 1.82) is 5.26 Å². The van der Waals surface area contributed by atoms with Crippen molar-refractivity contribution in [3.8, 4) is 17.6 Å². The Labute approximate surface area is 222 Å².